The Hall–Kier alpha value is -2.18. The van der Waals surface area contributed by atoms with Gasteiger partial charge in [-0.2, -0.15) is 0 Å². The van der Waals surface area contributed by atoms with Crippen LogP contribution in [0.5, 0.6) is 5.75 Å². The molecule has 0 N–H and O–H groups in total. The number of nitrogens with zero attached hydrogens (tertiary/aromatic N) is 1. The van der Waals surface area contributed by atoms with Crippen LogP contribution in [0.15, 0.2) is 46.6 Å². The van der Waals surface area contributed by atoms with Gasteiger partial charge in [0.15, 0.2) is 10.7 Å². The Morgan fingerprint density at radius 2 is 1.87 bits per heavy atom. The largest absolute Gasteiger partial charge is 0.497 e. The molecule has 0 amide bonds. The summed E-state index contributed by atoms with van der Waals surface area (Å²) in [7, 11) is 1.64. The van der Waals surface area contributed by atoms with Gasteiger partial charge in [0.25, 0.3) is 5.17 Å². The molecular weight excluding hydrogens is 330 g/mol. The number of thiocarbonyl (C=S) groups is 2. The monoisotopic (exact) mass is 345 g/mol. The molecule has 1 aliphatic rings. The van der Waals surface area contributed by atoms with Crippen LogP contribution in [0, 0.1) is 0 Å². The number of benzene rings is 1. The summed E-state index contributed by atoms with van der Waals surface area (Å²) < 4.78 is 16.5. The van der Waals surface area contributed by atoms with Crippen molar-refractivity contribution in [2.45, 2.75) is 6.92 Å². The number of furan rings is 1. The molecule has 23 heavy (non-hydrogen) atoms. The maximum absolute atomic E-state index is 5.84. The lowest BCUT2D eigenvalue weighted by Crippen LogP contribution is -2.26. The summed E-state index contributed by atoms with van der Waals surface area (Å²) in [6.45, 7) is 2.66. The number of hydrogen-bond donors (Lipinski definition) is 0. The molecule has 4 nitrogen and oxygen atoms in total. The van der Waals surface area contributed by atoms with E-state index in [1.165, 1.54) is 0 Å². The van der Waals surface area contributed by atoms with Crippen molar-refractivity contribution in [2.75, 3.05) is 13.7 Å². The van der Waals surface area contributed by atoms with E-state index < -0.39 is 0 Å². The van der Waals surface area contributed by atoms with Gasteiger partial charge in [0.1, 0.15) is 17.3 Å². The summed E-state index contributed by atoms with van der Waals surface area (Å²) in [5, 5.41) is 0.380. The van der Waals surface area contributed by atoms with Crippen LogP contribution in [0.25, 0.3) is 17.4 Å². The highest BCUT2D eigenvalue weighted by Crippen LogP contribution is 2.27. The summed E-state index contributed by atoms with van der Waals surface area (Å²) in [6, 6.07) is 11.4. The summed E-state index contributed by atoms with van der Waals surface area (Å²) in [4.78, 5) is 2.35. The summed E-state index contributed by atoms with van der Waals surface area (Å²) >= 11 is 10.5. The molecule has 0 aliphatic carbocycles. The summed E-state index contributed by atoms with van der Waals surface area (Å²) in [5.41, 5.74) is 0.969. The Balaban J connectivity index is 1.83. The Morgan fingerprint density at radius 3 is 2.48 bits per heavy atom. The van der Waals surface area contributed by atoms with E-state index >= 15 is 0 Å². The molecule has 1 saturated heterocycles. The fourth-order valence-electron chi connectivity index (χ4n) is 2.24. The van der Waals surface area contributed by atoms with Gasteiger partial charge in [-0.25, -0.2) is 0 Å². The lowest BCUT2D eigenvalue weighted by Gasteiger charge is -2.09. The van der Waals surface area contributed by atoms with Crippen LogP contribution in [-0.4, -0.2) is 28.7 Å². The molecule has 0 unspecified atom stereocenters. The van der Waals surface area contributed by atoms with Gasteiger partial charge in [0.05, 0.1) is 7.11 Å². The molecule has 1 aromatic heterocycles. The molecular formula is C17H15NO3S2. The minimum Gasteiger partial charge on any atom is -0.497 e. The zero-order valence-electron chi connectivity index (χ0n) is 12.7. The molecule has 118 valence electrons. The standard InChI is InChI=1S/C17H15NO3S2/c1-3-18-16(22)15(21-17(18)23)10-13-8-9-14(20-13)11-4-6-12(19-2)7-5-11/h4-10H,3H2,1-2H3/b15-10-. The van der Waals surface area contributed by atoms with E-state index in [-0.39, 0.29) is 0 Å². The van der Waals surface area contributed by atoms with Crippen LogP contribution in [0.4, 0.5) is 0 Å². The van der Waals surface area contributed by atoms with Crippen molar-refractivity contribution in [2.24, 2.45) is 0 Å². The second-order valence-corrected chi connectivity index (χ2v) is 5.59. The van der Waals surface area contributed by atoms with Crippen molar-refractivity contribution >= 4 is 40.7 Å². The molecule has 0 saturated carbocycles. The number of ether oxygens (including phenoxy) is 2. The van der Waals surface area contributed by atoms with Crippen LogP contribution < -0.4 is 4.74 Å². The predicted octanol–water partition coefficient (Wildman–Crippen LogP) is 4.26. The van der Waals surface area contributed by atoms with Gasteiger partial charge < -0.3 is 13.9 Å². The molecule has 1 aliphatic heterocycles. The second-order valence-electron chi connectivity index (χ2n) is 4.86. The molecule has 1 aromatic carbocycles. The molecule has 0 bridgehead atoms. The smallest absolute Gasteiger partial charge is 0.270 e. The van der Waals surface area contributed by atoms with Gasteiger partial charge in [-0.3, -0.25) is 4.90 Å². The van der Waals surface area contributed by atoms with Crippen molar-refractivity contribution in [3.05, 3.63) is 47.9 Å². The van der Waals surface area contributed by atoms with Crippen LogP contribution in [-0.2, 0) is 4.74 Å². The van der Waals surface area contributed by atoms with Crippen molar-refractivity contribution in [3.8, 4) is 17.1 Å². The molecule has 1 fully saturated rings. The van der Waals surface area contributed by atoms with Gasteiger partial charge in [-0.05, 0) is 55.5 Å². The van der Waals surface area contributed by atoms with E-state index in [1.807, 2.05) is 43.3 Å². The van der Waals surface area contributed by atoms with E-state index in [4.69, 9.17) is 38.3 Å². The van der Waals surface area contributed by atoms with Gasteiger partial charge in [-0.15, -0.1) is 0 Å². The molecule has 0 atom stereocenters. The fourth-order valence-corrected chi connectivity index (χ4v) is 2.92. The third-order valence-corrected chi connectivity index (χ3v) is 4.19. The third kappa shape index (κ3) is 3.13. The van der Waals surface area contributed by atoms with Crippen LogP contribution in [0.2, 0.25) is 0 Å². The fraction of sp³-hybridized carbons (Fsp3) is 0.176. The highest BCUT2D eigenvalue weighted by atomic mass is 32.1. The van der Waals surface area contributed by atoms with Gasteiger partial charge >= 0.3 is 0 Å². The topological polar surface area (TPSA) is 34.8 Å². The van der Waals surface area contributed by atoms with E-state index in [2.05, 4.69) is 0 Å². The van der Waals surface area contributed by atoms with E-state index in [1.54, 1.807) is 18.1 Å². The molecule has 2 aromatic rings. The van der Waals surface area contributed by atoms with Gasteiger partial charge in [-0.1, -0.05) is 12.2 Å². The maximum atomic E-state index is 5.84. The minimum absolute atomic E-state index is 0.380. The summed E-state index contributed by atoms with van der Waals surface area (Å²) in [6.07, 6.45) is 1.76. The zero-order chi connectivity index (χ0) is 16.4. The lowest BCUT2D eigenvalue weighted by atomic mass is 10.2. The van der Waals surface area contributed by atoms with Crippen molar-refractivity contribution in [1.82, 2.24) is 4.90 Å². The number of methoxy groups -OCH3 is 1. The van der Waals surface area contributed by atoms with Crippen LogP contribution in [0.3, 0.4) is 0 Å². The van der Waals surface area contributed by atoms with Crippen LogP contribution >= 0.6 is 24.4 Å². The van der Waals surface area contributed by atoms with Crippen molar-refractivity contribution in [1.29, 1.82) is 0 Å². The van der Waals surface area contributed by atoms with Crippen LogP contribution in [0.1, 0.15) is 12.7 Å². The molecule has 2 heterocycles. The molecule has 0 spiro atoms. The lowest BCUT2D eigenvalue weighted by molar-refractivity contribution is 0.415. The molecule has 6 heteroatoms. The average Bonchev–Trinajstić information content (AvgIpc) is 3.13. The Kier molecular flexibility index (Phi) is 4.45. The molecule has 3 rings (SSSR count). The average molecular weight is 345 g/mol. The van der Waals surface area contributed by atoms with E-state index in [9.17, 15) is 0 Å². The quantitative estimate of drug-likeness (QED) is 0.608. The first-order chi connectivity index (χ1) is 11.1. The number of rotatable bonds is 4. The number of likely N-dealkylation sites (N-methyl/N-ethyl adjacent to an activating group) is 1. The Labute approximate surface area is 145 Å². The van der Waals surface area contributed by atoms with Gasteiger partial charge in [0.2, 0.25) is 0 Å². The molecule has 0 radical (unpaired) electrons. The summed E-state index contributed by atoms with van der Waals surface area (Å²) in [5.74, 6) is 2.77. The van der Waals surface area contributed by atoms with Crippen molar-refractivity contribution < 1.29 is 13.9 Å². The van der Waals surface area contributed by atoms with E-state index in [0.29, 0.717) is 28.2 Å². The minimum atomic E-state index is 0.380. The Bertz CT molecular complexity index is 777. The first-order valence-electron chi connectivity index (χ1n) is 7.12. The normalized spacial score (nSPS) is 16.1. The zero-order valence-corrected chi connectivity index (χ0v) is 14.4. The highest BCUT2D eigenvalue weighted by Gasteiger charge is 2.28. The third-order valence-electron chi connectivity index (χ3n) is 3.46. The highest BCUT2D eigenvalue weighted by molar-refractivity contribution is 7.82. The van der Waals surface area contributed by atoms with Crippen molar-refractivity contribution in [3.63, 3.8) is 0 Å². The second kappa shape index (κ2) is 6.52. The Morgan fingerprint density at radius 1 is 1.13 bits per heavy atom. The van der Waals surface area contributed by atoms with E-state index in [0.717, 1.165) is 17.1 Å². The first-order valence-corrected chi connectivity index (χ1v) is 7.93. The first kappa shape index (κ1) is 15.7. The predicted molar refractivity (Wildman–Crippen MR) is 97.3 cm³/mol. The van der Waals surface area contributed by atoms with Gasteiger partial charge in [0, 0.05) is 18.2 Å². The SMILES string of the molecule is CCN1C(=S)O/C(=C\c2ccc(-c3ccc(OC)cc3)o2)C1=S. The maximum Gasteiger partial charge on any atom is 0.270 e. The number of hydrogen-bond acceptors (Lipinski definition) is 5.